The molecule has 19 heavy (non-hydrogen) atoms. The molecule has 6 heteroatoms. The Morgan fingerprint density at radius 3 is 2.63 bits per heavy atom. The van der Waals surface area contributed by atoms with E-state index in [-0.39, 0.29) is 11.4 Å². The summed E-state index contributed by atoms with van der Waals surface area (Å²) >= 11 is 0. The topological polar surface area (TPSA) is 98.8 Å². The number of phenols is 1. The monoisotopic (exact) mass is 255 g/mol. The van der Waals surface area contributed by atoms with Crippen LogP contribution in [0.3, 0.4) is 0 Å². The fourth-order valence-electron chi connectivity index (χ4n) is 2.03. The maximum atomic E-state index is 11.8. The number of aromatic hydroxyl groups is 1. The first-order valence-corrected chi connectivity index (χ1v) is 5.57. The van der Waals surface area contributed by atoms with Gasteiger partial charge in [-0.15, -0.1) is 0 Å². The molecule has 0 atom stereocenters. The molecule has 0 radical (unpaired) electrons. The number of nitrogens with one attached hydrogen (secondary N) is 2. The highest BCUT2D eigenvalue weighted by Gasteiger charge is 2.14. The molecule has 0 saturated heterocycles. The number of aromatic nitrogens is 3. The minimum atomic E-state index is -0.687. The third-order valence-electron chi connectivity index (χ3n) is 2.86. The molecule has 2 aromatic carbocycles. The van der Waals surface area contributed by atoms with Gasteiger partial charge in [-0.3, -0.25) is 9.78 Å². The molecular weight excluding hydrogens is 246 g/mol. The zero-order valence-electron chi connectivity index (χ0n) is 9.68. The normalized spacial score (nSPS) is 10.7. The summed E-state index contributed by atoms with van der Waals surface area (Å²) in [5, 5.41) is 17.4. The van der Waals surface area contributed by atoms with Crippen molar-refractivity contribution in [2.45, 2.75) is 0 Å². The molecule has 0 amide bonds. The van der Waals surface area contributed by atoms with Gasteiger partial charge in [0.2, 0.25) is 0 Å². The van der Waals surface area contributed by atoms with E-state index in [1.807, 2.05) is 12.1 Å². The van der Waals surface area contributed by atoms with Gasteiger partial charge in [-0.2, -0.15) is 5.10 Å². The van der Waals surface area contributed by atoms with Gasteiger partial charge in [0.05, 0.1) is 5.56 Å². The number of aromatic amines is 2. The molecule has 0 saturated carbocycles. The average Bonchev–Trinajstić information content (AvgIpc) is 2.40. The molecule has 1 heterocycles. The van der Waals surface area contributed by atoms with Gasteiger partial charge in [-0.1, -0.05) is 30.3 Å². The van der Waals surface area contributed by atoms with E-state index in [1.165, 1.54) is 6.07 Å². The Hall–Kier alpha value is -2.89. The van der Waals surface area contributed by atoms with Crippen LogP contribution in [0.4, 0.5) is 0 Å². The predicted octanol–water partition coefficient (Wildman–Crippen LogP) is 0.984. The van der Waals surface area contributed by atoms with Crippen LogP contribution in [0.2, 0.25) is 0 Å². The largest absolute Gasteiger partial charge is 0.507 e. The van der Waals surface area contributed by atoms with Gasteiger partial charge in [-0.25, -0.2) is 9.89 Å². The van der Waals surface area contributed by atoms with Gasteiger partial charge < -0.3 is 5.11 Å². The Labute approximate surface area is 106 Å². The molecular formula is C13H9N3O3. The molecule has 94 valence electrons. The van der Waals surface area contributed by atoms with Crippen molar-refractivity contribution in [2.75, 3.05) is 0 Å². The molecule has 0 aliphatic carbocycles. The maximum Gasteiger partial charge on any atom is 0.342 e. The number of H-pyrrole nitrogens is 2. The maximum absolute atomic E-state index is 11.8. The zero-order chi connectivity index (χ0) is 13.4. The van der Waals surface area contributed by atoms with Crippen molar-refractivity contribution in [1.29, 1.82) is 0 Å². The molecule has 6 nitrogen and oxygen atoms in total. The lowest BCUT2D eigenvalue weighted by Gasteiger charge is -2.07. The van der Waals surface area contributed by atoms with Gasteiger partial charge in [0.1, 0.15) is 5.75 Å². The highest BCUT2D eigenvalue weighted by Crippen LogP contribution is 2.33. The molecule has 0 aliphatic heterocycles. The Morgan fingerprint density at radius 2 is 1.84 bits per heavy atom. The Morgan fingerprint density at radius 1 is 1.05 bits per heavy atom. The molecule has 3 N–H and O–H groups in total. The van der Waals surface area contributed by atoms with E-state index >= 15 is 0 Å². The van der Waals surface area contributed by atoms with Gasteiger partial charge in [0, 0.05) is 0 Å². The first-order chi connectivity index (χ1) is 9.16. The minimum Gasteiger partial charge on any atom is -0.507 e. The number of rotatable bonds is 1. The summed E-state index contributed by atoms with van der Waals surface area (Å²) in [5.74, 6) is -0.0660. The van der Waals surface area contributed by atoms with E-state index in [1.54, 1.807) is 18.2 Å². The number of hydrogen-bond acceptors (Lipinski definition) is 4. The molecule has 0 unspecified atom stereocenters. The molecule has 0 bridgehead atoms. The van der Waals surface area contributed by atoms with E-state index in [9.17, 15) is 14.7 Å². The van der Waals surface area contributed by atoms with E-state index in [4.69, 9.17) is 0 Å². The highest BCUT2D eigenvalue weighted by molar-refractivity contribution is 5.98. The molecule has 0 aliphatic rings. The van der Waals surface area contributed by atoms with E-state index in [2.05, 4.69) is 15.2 Å². The molecule has 1 aromatic heterocycles. The Bertz CT molecular complexity index is 880. The van der Waals surface area contributed by atoms with Crippen LogP contribution >= 0.6 is 0 Å². The van der Waals surface area contributed by atoms with Crippen LogP contribution in [0.5, 0.6) is 5.75 Å². The van der Waals surface area contributed by atoms with Crippen molar-refractivity contribution in [3.63, 3.8) is 0 Å². The summed E-state index contributed by atoms with van der Waals surface area (Å²) in [6.07, 6.45) is 0. The quantitative estimate of drug-likeness (QED) is 0.603. The first kappa shape index (κ1) is 11.2. The van der Waals surface area contributed by atoms with Crippen molar-refractivity contribution in [2.24, 2.45) is 0 Å². The lowest BCUT2D eigenvalue weighted by Crippen LogP contribution is -2.25. The smallest absolute Gasteiger partial charge is 0.342 e. The molecule has 3 rings (SSSR count). The van der Waals surface area contributed by atoms with E-state index < -0.39 is 11.2 Å². The number of benzene rings is 2. The molecule has 3 aromatic rings. The molecule has 0 spiro atoms. The number of hydrogen-bond donors (Lipinski definition) is 3. The van der Waals surface area contributed by atoms with Crippen LogP contribution in [-0.2, 0) is 0 Å². The molecule has 0 fully saturated rings. The van der Waals surface area contributed by atoms with E-state index in [0.29, 0.717) is 10.9 Å². The lowest BCUT2D eigenvalue weighted by atomic mass is 10.0. The van der Waals surface area contributed by atoms with Crippen LogP contribution in [0, 0.1) is 0 Å². The predicted molar refractivity (Wildman–Crippen MR) is 70.1 cm³/mol. The number of phenolic OH excluding ortho intramolecular Hbond substituents is 1. The summed E-state index contributed by atoms with van der Waals surface area (Å²) in [5.41, 5.74) is -1.05. The van der Waals surface area contributed by atoms with Crippen molar-refractivity contribution in [3.8, 4) is 17.0 Å². The van der Waals surface area contributed by atoms with Crippen LogP contribution in [-0.4, -0.2) is 20.3 Å². The first-order valence-electron chi connectivity index (χ1n) is 5.57. The summed E-state index contributed by atoms with van der Waals surface area (Å²) in [6, 6.07) is 10.5. The van der Waals surface area contributed by atoms with Crippen molar-refractivity contribution in [3.05, 3.63) is 57.2 Å². The van der Waals surface area contributed by atoms with Crippen molar-refractivity contribution < 1.29 is 5.11 Å². The average molecular weight is 255 g/mol. The fraction of sp³-hybridized carbons (Fsp3) is 0. The highest BCUT2D eigenvalue weighted by atomic mass is 16.3. The van der Waals surface area contributed by atoms with Crippen LogP contribution in [0.25, 0.3) is 22.0 Å². The van der Waals surface area contributed by atoms with Gasteiger partial charge in [0.25, 0.3) is 5.56 Å². The number of fused-ring (bicyclic) bond motifs is 1. The Balaban J connectivity index is 2.45. The second-order valence-corrected chi connectivity index (χ2v) is 4.04. The lowest BCUT2D eigenvalue weighted by molar-refractivity contribution is 0.477. The van der Waals surface area contributed by atoms with Gasteiger partial charge in [-0.05, 0) is 16.8 Å². The van der Waals surface area contributed by atoms with Crippen LogP contribution in [0.1, 0.15) is 0 Å². The fourth-order valence-corrected chi connectivity index (χ4v) is 2.03. The van der Waals surface area contributed by atoms with Crippen LogP contribution in [0.15, 0.2) is 46.0 Å². The standard InChI is InChI=1S/C13H9N3O3/c17-9-6-5-7-3-1-2-4-8(7)10(9)11-12(18)14-13(19)16-15-11/h1-6,17H,(H2,14,16,18,19). The second-order valence-electron chi connectivity index (χ2n) is 4.04. The summed E-state index contributed by atoms with van der Waals surface area (Å²) < 4.78 is 0. The Kier molecular flexibility index (Phi) is 2.42. The summed E-state index contributed by atoms with van der Waals surface area (Å²) in [6.45, 7) is 0. The zero-order valence-corrected chi connectivity index (χ0v) is 9.68. The van der Waals surface area contributed by atoms with Crippen LogP contribution < -0.4 is 11.2 Å². The summed E-state index contributed by atoms with van der Waals surface area (Å²) in [4.78, 5) is 24.9. The van der Waals surface area contributed by atoms with Gasteiger partial charge >= 0.3 is 5.69 Å². The second kappa shape index (κ2) is 4.09. The third kappa shape index (κ3) is 1.79. The minimum absolute atomic E-state index is 0.0195. The number of nitrogens with zero attached hydrogens (tertiary/aromatic N) is 1. The van der Waals surface area contributed by atoms with E-state index in [0.717, 1.165) is 5.39 Å². The summed E-state index contributed by atoms with van der Waals surface area (Å²) in [7, 11) is 0. The van der Waals surface area contributed by atoms with Crippen molar-refractivity contribution in [1.82, 2.24) is 15.2 Å². The third-order valence-corrected chi connectivity index (χ3v) is 2.86. The van der Waals surface area contributed by atoms with Crippen molar-refractivity contribution >= 4 is 10.8 Å². The SMILES string of the molecule is O=c1[nH]nc(-c2c(O)ccc3ccccc23)c(=O)[nH]1. The van der Waals surface area contributed by atoms with Gasteiger partial charge in [0.15, 0.2) is 5.69 Å².